The number of aliphatic hydroxyl groups is 1. The molecular formula is C24H37O6PSi. The molecule has 0 aliphatic rings. The summed E-state index contributed by atoms with van der Waals surface area (Å²) in [5.74, 6) is 0. The van der Waals surface area contributed by atoms with E-state index in [4.69, 9.17) is 18.2 Å². The second kappa shape index (κ2) is 12.2. The van der Waals surface area contributed by atoms with Gasteiger partial charge < -0.3 is 23.3 Å². The Labute approximate surface area is 193 Å². The van der Waals surface area contributed by atoms with Crippen LogP contribution in [0.1, 0.15) is 34.6 Å². The number of rotatable bonds is 13. The van der Waals surface area contributed by atoms with E-state index >= 15 is 0 Å². The Morgan fingerprint density at radius 2 is 1.38 bits per heavy atom. The fraction of sp³-hybridized carbons (Fsp3) is 0.500. The first-order chi connectivity index (χ1) is 15.2. The maximum absolute atomic E-state index is 12.8. The van der Waals surface area contributed by atoms with Crippen LogP contribution in [0, 0.1) is 0 Å². The molecule has 0 radical (unpaired) electrons. The second-order valence-corrected chi connectivity index (χ2v) is 14.8. The Hall–Kier alpha value is -1.31. The van der Waals surface area contributed by atoms with E-state index in [-0.39, 0.29) is 37.8 Å². The predicted molar refractivity (Wildman–Crippen MR) is 131 cm³/mol. The molecule has 8 heteroatoms. The molecule has 0 fully saturated rings. The molecule has 0 saturated carbocycles. The standard InChI is InChI=1S/C24H37O6PSi/c1-6-28-31(26,29-7-2)20-27-21(18-25)19-30-32(24(3,4)5,22-14-10-8-11-15-22)23-16-12-9-13-17-23/h8-17,21,25H,6-7,18-20H2,1-5H3/t21-/m0/s1. The van der Waals surface area contributed by atoms with Gasteiger partial charge in [-0.25, -0.2) is 0 Å². The molecular weight excluding hydrogens is 443 g/mol. The van der Waals surface area contributed by atoms with Crippen LogP contribution in [-0.2, 0) is 22.8 Å². The van der Waals surface area contributed by atoms with Crippen molar-refractivity contribution < 1.29 is 27.9 Å². The van der Waals surface area contributed by atoms with Gasteiger partial charge in [0, 0.05) is 0 Å². The summed E-state index contributed by atoms with van der Waals surface area (Å²) in [6.45, 7) is 10.5. The third kappa shape index (κ3) is 6.61. The van der Waals surface area contributed by atoms with Crippen LogP contribution in [0.3, 0.4) is 0 Å². The molecule has 1 atom stereocenters. The normalized spacial score (nSPS) is 13.8. The molecule has 178 valence electrons. The monoisotopic (exact) mass is 480 g/mol. The van der Waals surface area contributed by atoms with Gasteiger partial charge in [-0.3, -0.25) is 4.57 Å². The minimum atomic E-state index is -3.38. The van der Waals surface area contributed by atoms with Gasteiger partial charge in [-0.05, 0) is 29.3 Å². The van der Waals surface area contributed by atoms with Crippen LogP contribution in [0.4, 0.5) is 0 Å². The van der Waals surface area contributed by atoms with E-state index in [1.807, 2.05) is 36.4 Å². The maximum Gasteiger partial charge on any atom is 0.356 e. The fourth-order valence-electron chi connectivity index (χ4n) is 3.83. The van der Waals surface area contributed by atoms with Gasteiger partial charge in [-0.1, -0.05) is 81.4 Å². The molecule has 0 aromatic heterocycles. The van der Waals surface area contributed by atoms with E-state index in [9.17, 15) is 9.67 Å². The minimum Gasteiger partial charge on any atom is -0.405 e. The lowest BCUT2D eigenvalue weighted by atomic mass is 10.2. The zero-order valence-corrected chi connectivity index (χ0v) is 21.7. The number of ether oxygens (including phenoxy) is 1. The number of aliphatic hydroxyl groups excluding tert-OH is 1. The maximum atomic E-state index is 12.8. The van der Waals surface area contributed by atoms with E-state index in [2.05, 4.69) is 45.0 Å². The molecule has 0 unspecified atom stereocenters. The van der Waals surface area contributed by atoms with Gasteiger partial charge in [-0.2, -0.15) is 0 Å². The van der Waals surface area contributed by atoms with Crippen molar-refractivity contribution in [3.05, 3.63) is 60.7 Å². The molecule has 1 N–H and O–H groups in total. The first-order valence-corrected chi connectivity index (χ1v) is 14.7. The average molecular weight is 481 g/mol. The Balaban J connectivity index is 2.33. The lowest BCUT2D eigenvalue weighted by molar-refractivity contribution is -0.00393. The van der Waals surface area contributed by atoms with Gasteiger partial charge in [0.25, 0.3) is 8.32 Å². The summed E-state index contributed by atoms with van der Waals surface area (Å²) in [6.07, 6.45) is -0.893. The molecule has 0 spiro atoms. The molecule has 6 nitrogen and oxygen atoms in total. The quantitative estimate of drug-likeness (QED) is 0.343. The minimum absolute atomic E-state index is 0.155. The van der Waals surface area contributed by atoms with E-state index < -0.39 is 22.0 Å². The molecule has 0 amide bonds. The zero-order valence-electron chi connectivity index (χ0n) is 19.8. The molecule has 2 aromatic carbocycles. The summed E-state index contributed by atoms with van der Waals surface area (Å²) in [5.41, 5.74) is 0. The third-order valence-electron chi connectivity index (χ3n) is 5.23. The van der Waals surface area contributed by atoms with Crippen LogP contribution in [0.15, 0.2) is 60.7 Å². The van der Waals surface area contributed by atoms with Crippen molar-refractivity contribution in [2.24, 2.45) is 0 Å². The molecule has 0 saturated heterocycles. The highest BCUT2D eigenvalue weighted by atomic mass is 31.2. The van der Waals surface area contributed by atoms with Crippen molar-refractivity contribution >= 4 is 26.3 Å². The van der Waals surface area contributed by atoms with Crippen molar-refractivity contribution in [1.82, 2.24) is 0 Å². The Morgan fingerprint density at radius 1 is 0.906 bits per heavy atom. The van der Waals surface area contributed by atoms with E-state index in [1.54, 1.807) is 13.8 Å². The zero-order chi connectivity index (χ0) is 23.7. The van der Waals surface area contributed by atoms with Gasteiger partial charge >= 0.3 is 7.60 Å². The summed E-state index contributed by atoms with van der Waals surface area (Å²) >= 11 is 0. The molecule has 2 rings (SSSR count). The second-order valence-electron chi connectivity index (χ2n) is 8.52. The Morgan fingerprint density at radius 3 is 1.75 bits per heavy atom. The first kappa shape index (κ1) is 26.9. The van der Waals surface area contributed by atoms with Gasteiger partial charge in [0.05, 0.1) is 26.4 Å². The molecule has 0 heterocycles. The SMILES string of the molecule is CCOP(=O)(CO[C@@H](CO)CO[Si](c1ccccc1)(c1ccccc1)C(C)(C)C)OCC. The highest BCUT2D eigenvalue weighted by molar-refractivity contribution is 7.53. The molecule has 32 heavy (non-hydrogen) atoms. The van der Waals surface area contributed by atoms with Gasteiger partial charge in [0.2, 0.25) is 0 Å². The van der Waals surface area contributed by atoms with Crippen molar-refractivity contribution in [3.63, 3.8) is 0 Å². The number of benzene rings is 2. The summed E-state index contributed by atoms with van der Waals surface area (Å²) in [7, 11) is -6.13. The molecule has 0 bridgehead atoms. The van der Waals surface area contributed by atoms with Crippen LogP contribution in [-0.4, -0.2) is 52.3 Å². The lowest BCUT2D eigenvalue weighted by Crippen LogP contribution is -2.67. The highest BCUT2D eigenvalue weighted by Crippen LogP contribution is 2.48. The number of hydrogen-bond donors (Lipinski definition) is 1. The Bertz CT molecular complexity index is 791. The smallest absolute Gasteiger partial charge is 0.356 e. The first-order valence-electron chi connectivity index (χ1n) is 11.1. The van der Waals surface area contributed by atoms with Crippen molar-refractivity contribution in [2.75, 3.05) is 32.8 Å². The average Bonchev–Trinajstić information content (AvgIpc) is 2.77. The van der Waals surface area contributed by atoms with Crippen LogP contribution in [0.5, 0.6) is 0 Å². The Kier molecular flexibility index (Phi) is 10.3. The van der Waals surface area contributed by atoms with E-state index in [0.29, 0.717) is 0 Å². The molecule has 2 aromatic rings. The van der Waals surface area contributed by atoms with Gasteiger partial charge in [0.15, 0.2) is 0 Å². The summed E-state index contributed by atoms with van der Waals surface area (Å²) in [5, 5.41) is 12.1. The van der Waals surface area contributed by atoms with Crippen LogP contribution >= 0.6 is 7.60 Å². The third-order valence-corrected chi connectivity index (χ3v) is 12.0. The largest absolute Gasteiger partial charge is 0.405 e. The summed E-state index contributed by atoms with van der Waals surface area (Å²) < 4.78 is 35.9. The predicted octanol–water partition coefficient (Wildman–Crippen LogP) is 4.16. The topological polar surface area (TPSA) is 74.2 Å². The van der Waals surface area contributed by atoms with E-state index in [0.717, 1.165) is 10.4 Å². The van der Waals surface area contributed by atoms with E-state index in [1.165, 1.54) is 0 Å². The van der Waals surface area contributed by atoms with Gasteiger partial charge in [-0.15, -0.1) is 0 Å². The van der Waals surface area contributed by atoms with Crippen LogP contribution < -0.4 is 10.4 Å². The fourth-order valence-corrected chi connectivity index (χ4v) is 9.83. The van der Waals surface area contributed by atoms with Crippen LogP contribution in [0.2, 0.25) is 5.04 Å². The molecule has 0 aliphatic heterocycles. The number of hydrogen-bond acceptors (Lipinski definition) is 6. The molecule has 0 aliphatic carbocycles. The van der Waals surface area contributed by atoms with Gasteiger partial charge in [0.1, 0.15) is 12.5 Å². The lowest BCUT2D eigenvalue weighted by Gasteiger charge is -2.43. The summed E-state index contributed by atoms with van der Waals surface area (Å²) in [4.78, 5) is 0. The van der Waals surface area contributed by atoms with Crippen LogP contribution in [0.25, 0.3) is 0 Å². The highest BCUT2D eigenvalue weighted by Gasteiger charge is 2.50. The van der Waals surface area contributed by atoms with Crippen molar-refractivity contribution in [1.29, 1.82) is 0 Å². The van der Waals surface area contributed by atoms with Crippen molar-refractivity contribution in [3.8, 4) is 0 Å². The van der Waals surface area contributed by atoms with Crippen molar-refractivity contribution in [2.45, 2.75) is 45.8 Å². The summed E-state index contributed by atoms with van der Waals surface area (Å²) in [6, 6.07) is 20.5.